The Balaban J connectivity index is 1.31. The highest BCUT2D eigenvalue weighted by atomic mass is 32.1. The number of carboxylic acid groups (broad SMARTS) is 1. The molecule has 0 spiro atoms. The molecular formula is C26H27N3O5S. The Morgan fingerprint density at radius 1 is 1.09 bits per heavy atom. The maximum atomic E-state index is 12.7. The van der Waals surface area contributed by atoms with Gasteiger partial charge in [-0.15, -0.1) is 11.3 Å². The summed E-state index contributed by atoms with van der Waals surface area (Å²) in [6.07, 6.45) is 0.951. The van der Waals surface area contributed by atoms with Crippen molar-refractivity contribution in [3.8, 4) is 11.1 Å². The molecule has 1 heterocycles. The van der Waals surface area contributed by atoms with E-state index in [0.29, 0.717) is 24.3 Å². The summed E-state index contributed by atoms with van der Waals surface area (Å²) >= 11 is 1.23. The first kappa shape index (κ1) is 24.4. The lowest BCUT2D eigenvalue weighted by Gasteiger charge is -2.19. The van der Waals surface area contributed by atoms with Crippen molar-refractivity contribution in [2.75, 3.05) is 13.2 Å². The van der Waals surface area contributed by atoms with Crippen LogP contribution in [-0.4, -0.2) is 47.3 Å². The molecule has 35 heavy (non-hydrogen) atoms. The van der Waals surface area contributed by atoms with Crippen molar-refractivity contribution < 1.29 is 24.2 Å². The highest BCUT2D eigenvalue weighted by Crippen LogP contribution is 2.44. The minimum absolute atomic E-state index is 0.00268. The number of nitrogens with one attached hydrogen (secondary N) is 2. The fraction of sp³-hybridized carbons (Fsp3) is 0.308. The van der Waals surface area contributed by atoms with Gasteiger partial charge in [-0.05, 0) is 28.7 Å². The standard InChI is InChI=1S/C26H27N3O5S/c1-2-7-21(24(30)27-13-12-23-28-22(15-35-23)25(31)32)29-26(33)34-14-20-18-10-5-3-8-16(18)17-9-4-6-11-19(17)20/h3-6,8-11,15,20-21H,2,7,12-14H2,1H3,(H,27,30)(H,29,33)(H,31,32). The molecule has 9 heteroatoms. The molecule has 0 radical (unpaired) electrons. The fourth-order valence-corrected chi connectivity index (χ4v) is 5.05. The molecule has 0 bridgehead atoms. The molecule has 0 saturated heterocycles. The van der Waals surface area contributed by atoms with E-state index in [2.05, 4.69) is 39.9 Å². The Hall–Kier alpha value is -3.72. The second-order valence-corrected chi connectivity index (χ2v) is 9.23. The lowest BCUT2D eigenvalue weighted by Crippen LogP contribution is -2.47. The van der Waals surface area contributed by atoms with Crippen molar-refractivity contribution in [1.82, 2.24) is 15.6 Å². The van der Waals surface area contributed by atoms with Gasteiger partial charge in [-0.3, -0.25) is 4.79 Å². The quantitative estimate of drug-likeness (QED) is 0.390. The van der Waals surface area contributed by atoms with Crippen molar-refractivity contribution in [2.45, 2.75) is 38.1 Å². The SMILES string of the molecule is CCCC(NC(=O)OCC1c2ccccc2-c2ccccc21)C(=O)NCCc1nc(C(=O)O)cs1. The number of ether oxygens (including phenoxy) is 1. The number of nitrogens with zero attached hydrogens (tertiary/aromatic N) is 1. The molecule has 0 saturated carbocycles. The van der Waals surface area contributed by atoms with Crippen molar-refractivity contribution in [2.24, 2.45) is 0 Å². The Labute approximate surface area is 207 Å². The number of carboxylic acids is 1. The van der Waals surface area contributed by atoms with Crippen LogP contribution >= 0.6 is 11.3 Å². The van der Waals surface area contributed by atoms with Crippen LogP contribution in [0.5, 0.6) is 0 Å². The van der Waals surface area contributed by atoms with Crippen LogP contribution in [0.2, 0.25) is 0 Å². The predicted molar refractivity (Wildman–Crippen MR) is 133 cm³/mol. The zero-order valence-electron chi connectivity index (χ0n) is 19.3. The van der Waals surface area contributed by atoms with Gasteiger partial charge in [-0.1, -0.05) is 61.9 Å². The number of hydrogen-bond donors (Lipinski definition) is 3. The lowest BCUT2D eigenvalue weighted by molar-refractivity contribution is -0.123. The van der Waals surface area contributed by atoms with Gasteiger partial charge >= 0.3 is 12.1 Å². The molecule has 1 unspecified atom stereocenters. The molecule has 182 valence electrons. The first-order valence-electron chi connectivity index (χ1n) is 11.5. The van der Waals surface area contributed by atoms with E-state index in [1.54, 1.807) is 0 Å². The van der Waals surface area contributed by atoms with Crippen molar-refractivity contribution in [1.29, 1.82) is 0 Å². The molecule has 1 atom stereocenters. The van der Waals surface area contributed by atoms with Gasteiger partial charge in [0, 0.05) is 24.3 Å². The summed E-state index contributed by atoms with van der Waals surface area (Å²) in [7, 11) is 0. The second kappa shape index (κ2) is 11.1. The molecular weight excluding hydrogens is 466 g/mol. The zero-order valence-corrected chi connectivity index (χ0v) is 20.1. The normalized spacial score (nSPS) is 12.9. The average Bonchev–Trinajstić information content (AvgIpc) is 3.46. The van der Waals surface area contributed by atoms with Crippen LogP contribution in [0.1, 0.15) is 52.3 Å². The van der Waals surface area contributed by atoms with Crippen LogP contribution in [0.25, 0.3) is 11.1 Å². The number of thiazole rings is 1. The summed E-state index contributed by atoms with van der Waals surface area (Å²) < 4.78 is 5.57. The van der Waals surface area contributed by atoms with E-state index in [9.17, 15) is 14.4 Å². The Morgan fingerprint density at radius 3 is 2.34 bits per heavy atom. The first-order valence-corrected chi connectivity index (χ1v) is 12.4. The van der Waals surface area contributed by atoms with E-state index in [0.717, 1.165) is 22.3 Å². The molecule has 1 aromatic heterocycles. The van der Waals surface area contributed by atoms with Gasteiger partial charge < -0.3 is 20.5 Å². The first-order chi connectivity index (χ1) is 17.0. The van der Waals surface area contributed by atoms with Crippen LogP contribution in [0.15, 0.2) is 53.9 Å². The number of rotatable bonds is 10. The lowest BCUT2D eigenvalue weighted by atomic mass is 9.98. The van der Waals surface area contributed by atoms with Crippen LogP contribution < -0.4 is 10.6 Å². The number of carbonyl (C=O) groups excluding carboxylic acids is 2. The smallest absolute Gasteiger partial charge is 0.407 e. The summed E-state index contributed by atoms with van der Waals surface area (Å²) in [4.78, 5) is 40.2. The van der Waals surface area contributed by atoms with Gasteiger partial charge in [0.15, 0.2) is 5.69 Å². The van der Waals surface area contributed by atoms with E-state index < -0.39 is 18.1 Å². The summed E-state index contributed by atoms with van der Waals surface area (Å²) in [5, 5.41) is 16.5. The molecule has 0 aliphatic heterocycles. The van der Waals surface area contributed by atoms with Gasteiger partial charge in [0.05, 0.1) is 5.01 Å². The minimum Gasteiger partial charge on any atom is -0.476 e. The van der Waals surface area contributed by atoms with E-state index in [-0.39, 0.29) is 30.7 Å². The number of alkyl carbamates (subject to hydrolysis) is 1. The highest BCUT2D eigenvalue weighted by molar-refractivity contribution is 7.09. The number of fused-ring (bicyclic) bond motifs is 3. The Bertz CT molecular complexity index is 1180. The van der Waals surface area contributed by atoms with Crippen LogP contribution in [0.4, 0.5) is 4.79 Å². The van der Waals surface area contributed by atoms with Crippen molar-refractivity contribution >= 4 is 29.3 Å². The number of aromatic nitrogens is 1. The second-order valence-electron chi connectivity index (χ2n) is 8.28. The van der Waals surface area contributed by atoms with Gasteiger partial charge in [0.2, 0.25) is 5.91 Å². The fourth-order valence-electron chi connectivity index (χ4n) is 4.28. The summed E-state index contributed by atoms with van der Waals surface area (Å²) in [6, 6.07) is 15.5. The van der Waals surface area contributed by atoms with Gasteiger partial charge in [0.25, 0.3) is 0 Å². The number of aromatic carboxylic acids is 1. The summed E-state index contributed by atoms with van der Waals surface area (Å²) in [5.41, 5.74) is 4.54. The zero-order chi connectivity index (χ0) is 24.8. The van der Waals surface area contributed by atoms with Gasteiger partial charge in [0.1, 0.15) is 12.6 Å². The van der Waals surface area contributed by atoms with Gasteiger partial charge in [-0.2, -0.15) is 0 Å². The third kappa shape index (κ3) is 5.68. The maximum absolute atomic E-state index is 12.7. The molecule has 1 aliphatic carbocycles. The molecule has 3 aromatic rings. The Kier molecular flexibility index (Phi) is 7.77. The predicted octanol–water partition coefficient (Wildman–Crippen LogP) is 4.21. The number of amides is 2. The molecule has 1 aliphatic rings. The van der Waals surface area contributed by atoms with E-state index in [4.69, 9.17) is 9.84 Å². The maximum Gasteiger partial charge on any atom is 0.407 e. The Morgan fingerprint density at radius 2 is 1.74 bits per heavy atom. The third-order valence-corrected chi connectivity index (χ3v) is 6.85. The third-order valence-electron chi connectivity index (χ3n) is 5.94. The average molecular weight is 494 g/mol. The summed E-state index contributed by atoms with van der Waals surface area (Å²) in [5.74, 6) is -1.44. The molecule has 2 amide bonds. The van der Waals surface area contributed by atoms with Crippen LogP contribution in [-0.2, 0) is 16.0 Å². The minimum atomic E-state index is -1.08. The van der Waals surface area contributed by atoms with Crippen molar-refractivity contribution in [3.63, 3.8) is 0 Å². The molecule has 3 N–H and O–H groups in total. The number of hydrogen-bond acceptors (Lipinski definition) is 6. The molecule has 0 fully saturated rings. The molecule has 2 aromatic carbocycles. The monoisotopic (exact) mass is 493 g/mol. The van der Waals surface area contributed by atoms with E-state index in [1.807, 2.05) is 31.2 Å². The summed E-state index contributed by atoms with van der Waals surface area (Å²) in [6.45, 7) is 2.40. The topological polar surface area (TPSA) is 118 Å². The van der Waals surface area contributed by atoms with Gasteiger partial charge in [-0.25, -0.2) is 14.6 Å². The number of benzene rings is 2. The highest BCUT2D eigenvalue weighted by Gasteiger charge is 2.29. The van der Waals surface area contributed by atoms with E-state index >= 15 is 0 Å². The van der Waals surface area contributed by atoms with Crippen LogP contribution in [0, 0.1) is 0 Å². The largest absolute Gasteiger partial charge is 0.476 e. The van der Waals surface area contributed by atoms with E-state index in [1.165, 1.54) is 16.7 Å². The molecule has 4 rings (SSSR count). The number of carbonyl (C=O) groups is 3. The van der Waals surface area contributed by atoms with Crippen molar-refractivity contribution in [3.05, 3.63) is 75.7 Å². The van der Waals surface area contributed by atoms with Crippen LogP contribution in [0.3, 0.4) is 0 Å². The molecule has 8 nitrogen and oxygen atoms in total.